The van der Waals surface area contributed by atoms with Crippen LogP contribution in [0.3, 0.4) is 0 Å². The Bertz CT molecular complexity index is 526. The first-order valence-electron chi connectivity index (χ1n) is 6.35. The third kappa shape index (κ3) is 5.99. The normalized spacial score (nSPS) is 12.0. The highest BCUT2D eigenvalue weighted by atomic mass is 79.9. The van der Waals surface area contributed by atoms with E-state index in [4.69, 9.17) is 9.52 Å². The summed E-state index contributed by atoms with van der Waals surface area (Å²) in [5.74, 6) is -2.03. The molecule has 21 heavy (non-hydrogen) atoms. The lowest BCUT2D eigenvalue weighted by molar-refractivity contribution is -0.142. The molecule has 2 amide bonds. The van der Waals surface area contributed by atoms with Crippen molar-refractivity contribution >= 4 is 33.7 Å². The van der Waals surface area contributed by atoms with Gasteiger partial charge in [-0.15, -0.1) is 0 Å². The zero-order chi connectivity index (χ0) is 16.0. The fourth-order valence-electron chi connectivity index (χ4n) is 1.62. The number of carboxylic acids is 1. The summed E-state index contributed by atoms with van der Waals surface area (Å²) in [7, 11) is 0. The summed E-state index contributed by atoms with van der Waals surface area (Å²) in [5.41, 5.74) is 0. The molecule has 0 radical (unpaired) electrons. The molecule has 0 unspecified atom stereocenters. The molecule has 1 heterocycles. The topological polar surface area (TPSA) is 109 Å². The van der Waals surface area contributed by atoms with Gasteiger partial charge >= 0.3 is 5.97 Å². The maximum Gasteiger partial charge on any atom is 0.326 e. The standard InChI is InChI=1S/C13H17BrN2O5/c1-7(2)5-8(13(19)20)16-11(17)6-15-12(18)9-3-4-10(14)21-9/h3-4,7-8H,5-6H2,1-2H3,(H,15,18)(H,16,17)(H,19,20)/t8-/m1/s1. The summed E-state index contributed by atoms with van der Waals surface area (Å²) in [4.78, 5) is 34.3. The maximum atomic E-state index is 11.7. The van der Waals surface area contributed by atoms with E-state index in [0.717, 1.165) is 0 Å². The quantitative estimate of drug-likeness (QED) is 0.680. The Hall–Kier alpha value is -1.83. The van der Waals surface area contributed by atoms with Crippen LogP contribution in [0.15, 0.2) is 21.2 Å². The van der Waals surface area contributed by atoms with Crippen LogP contribution in [0.5, 0.6) is 0 Å². The van der Waals surface area contributed by atoms with Crippen LogP contribution in [0, 0.1) is 5.92 Å². The molecule has 0 saturated heterocycles. The number of carboxylic acid groups (broad SMARTS) is 1. The summed E-state index contributed by atoms with van der Waals surface area (Å²) >= 11 is 3.06. The Morgan fingerprint density at radius 2 is 2.00 bits per heavy atom. The molecule has 8 heteroatoms. The lowest BCUT2D eigenvalue weighted by atomic mass is 10.0. The Kier molecular flexibility index (Phi) is 6.41. The Morgan fingerprint density at radius 1 is 1.33 bits per heavy atom. The summed E-state index contributed by atoms with van der Waals surface area (Å²) in [6, 6.07) is 2.04. The number of furan rings is 1. The van der Waals surface area contributed by atoms with Gasteiger partial charge in [0.2, 0.25) is 5.91 Å². The van der Waals surface area contributed by atoms with E-state index in [0.29, 0.717) is 11.1 Å². The van der Waals surface area contributed by atoms with Crippen LogP contribution < -0.4 is 10.6 Å². The molecular formula is C13H17BrN2O5. The van der Waals surface area contributed by atoms with Crippen molar-refractivity contribution in [2.24, 2.45) is 5.92 Å². The van der Waals surface area contributed by atoms with Gasteiger partial charge in [0.25, 0.3) is 5.91 Å². The number of hydrogen-bond acceptors (Lipinski definition) is 4. The van der Waals surface area contributed by atoms with Crippen molar-refractivity contribution in [1.82, 2.24) is 10.6 Å². The fourth-order valence-corrected chi connectivity index (χ4v) is 1.93. The highest BCUT2D eigenvalue weighted by Crippen LogP contribution is 2.13. The summed E-state index contributed by atoms with van der Waals surface area (Å²) < 4.78 is 5.43. The third-order valence-electron chi connectivity index (χ3n) is 2.55. The SMILES string of the molecule is CC(C)C[C@@H](NC(=O)CNC(=O)c1ccc(Br)o1)C(=O)O. The van der Waals surface area contributed by atoms with Crippen LogP contribution in [0.2, 0.25) is 0 Å². The summed E-state index contributed by atoms with van der Waals surface area (Å²) in [6.07, 6.45) is 0.320. The van der Waals surface area contributed by atoms with E-state index >= 15 is 0 Å². The molecule has 0 bridgehead atoms. The van der Waals surface area contributed by atoms with Crippen LogP contribution in [-0.2, 0) is 9.59 Å². The van der Waals surface area contributed by atoms with Crippen molar-refractivity contribution in [1.29, 1.82) is 0 Å². The van der Waals surface area contributed by atoms with E-state index in [9.17, 15) is 14.4 Å². The van der Waals surface area contributed by atoms with Crippen LogP contribution in [0.1, 0.15) is 30.8 Å². The molecule has 116 valence electrons. The van der Waals surface area contributed by atoms with Crippen LogP contribution in [0.4, 0.5) is 0 Å². The zero-order valence-electron chi connectivity index (χ0n) is 11.7. The van der Waals surface area contributed by atoms with E-state index < -0.39 is 23.8 Å². The van der Waals surface area contributed by atoms with Crippen LogP contribution in [-0.4, -0.2) is 35.5 Å². The monoisotopic (exact) mass is 360 g/mol. The first kappa shape index (κ1) is 17.2. The molecule has 0 saturated carbocycles. The summed E-state index contributed by atoms with van der Waals surface area (Å²) in [5, 5.41) is 13.7. The van der Waals surface area contributed by atoms with Crippen LogP contribution >= 0.6 is 15.9 Å². The lowest BCUT2D eigenvalue weighted by Gasteiger charge is -2.16. The van der Waals surface area contributed by atoms with Crippen molar-refractivity contribution in [3.63, 3.8) is 0 Å². The molecular weight excluding hydrogens is 344 g/mol. The summed E-state index contributed by atoms with van der Waals surface area (Å²) in [6.45, 7) is 3.40. The molecule has 0 aliphatic carbocycles. The molecule has 0 aliphatic heterocycles. The third-order valence-corrected chi connectivity index (χ3v) is 2.97. The predicted molar refractivity (Wildman–Crippen MR) is 77.8 cm³/mol. The molecule has 0 aromatic carbocycles. The van der Waals surface area contributed by atoms with Crippen molar-refractivity contribution < 1.29 is 23.9 Å². The van der Waals surface area contributed by atoms with Gasteiger partial charge in [0.05, 0.1) is 6.54 Å². The number of hydrogen-bond donors (Lipinski definition) is 3. The van der Waals surface area contributed by atoms with Gasteiger partial charge < -0.3 is 20.2 Å². The van der Waals surface area contributed by atoms with E-state index in [2.05, 4.69) is 26.6 Å². The smallest absolute Gasteiger partial charge is 0.326 e. The van der Waals surface area contributed by atoms with Crippen molar-refractivity contribution in [2.45, 2.75) is 26.3 Å². The molecule has 1 atom stereocenters. The molecule has 1 rings (SSSR count). The van der Waals surface area contributed by atoms with Crippen LogP contribution in [0.25, 0.3) is 0 Å². The van der Waals surface area contributed by atoms with Gasteiger partial charge in [-0.05, 0) is 40.4 Å². The number of carbonyl (C=O) groups is 3. The van der Waals surface area contributed by atoms with Gasteiger partial charge in [0, 0.05) is 0 Å². The Morgan fingerprint density at radius 3 is 2.48 bits per heavy atom. The highest BCUT2D eigenvalue weighted by molar-refractivity contribution is 9.10. The van der Waals surface area contributed by atoms with Gasteiger partial charge in [0.15, 0.2) is 10.4 Å². The van der Waals surface area contributed by atoms with Gasteiger partial charge in [-0.25, -0.2) is 4.79 Å². The Labute approximate surface area is 130 Å². The number of nitrogens with one attached hydrogen (secondary N) is 2. The van der Waals surface area contributed by atoms with Crippen molar-refractivity contribution in [3.8, 4) is 0 Å². The average Bonchev–Trinajstić information content (AvgIpc) is 2.81. The molecule has 0 aliphatic rings. The minimum absolute atomic E-state index is 0.0617. The molecule has 1 aromatic heterocycles. The molecule has 0 fully saturated rings. The minimum atomic E-state index is -1.10. The number of rotatable bonds is 7. The predicted octanol–water partition coefficient (Wildman–Crippen LogP) is 1.39. The average molecular weight is 361 g/mol. The van der Waals surface area contributed by atoms with E-state index in [1.165, 1.54) is 6.07 Å². The second-order valence-electron chi connectivity index (χ2n) is 4.87. The minimum Gasteiger partial charge on any atom is -0.480 e. The number of carbonyl (C=O) groups excluding carboxylic acids is 2. The van der Waals surface area contributed by atoms with Gasteiger partial charge in [0.1, 0.15) is 6.04 Å². The van der Waals surface area contributed by atoms with Crippen molar-refractivity contribution in [2.75, 3.05) is 6.54 Å². The molecule has 1 aromatic rings. The number of amides is 2. The van der Waals surface area contributed by atoms with E-state index in [-0.39, 0.29) is 18.2 Å². The largest absolute Gasteiger partial charge is 0.480 e. The van der Waals surface area contributed by atoms with Gasteiger partial charge in [-0.3, -0.25) is 9.59 Å². The van der Waals surface area contributed by atoms with E-state index in [1.54, 1.807) is 6.07 Å². The fraction of sp³-hybridized carbons (Fsp3) is 0.462. The van der Waals surface area contributed by atoms with Gasteiger partial charge in [-0.2, -0.15) is 0 Å². The number of aliphatic carboxylic acids is 1. The molecule has 3 N–H and O–H groups in total. The van der Waals surface area contributed by atoms with Gasteiger partial charge in [-0.1, -0.05) is 13.8 Å². The van der Waals surface area contributed by atoms with Crippen molar-refractivity contribution in [3.05, 3.63) is 22.6 Å². The first-order valence-corrected chi connectivity index (χ1v) is 7.14. The lowest BCUT2D eigenvalue weighted by Crippen LogP contribution is -2.46. The maximum absolute atomic E-state index is 11.7. The molecule has 7 nitrogen and oxygen atoms in total. The second kappa shape index (κ2) is 7.82. The number of halogens is 1. The zero-order valence-corrected chi connectivity index (χ0v) is 13.3. The first-order chi connectivity index (χ1) is 9.79. The Balaban J connectivity index is 2.45. The van der Waals surface area contributed by atoms with E-state index in [1.807, 2.05) is 13.8 Å². The second-order valence-corrected chi connectivity index (χ2v) is 5.66. The molecule has 0 spiro atoms. The highest BCUT2D eigenvalue weighted by Gasteiger charge is 2.21.